The lowest BCUT2D eigenvalue weighted by atomic mass is 10.2. The van der Waals surface area contributed by atoms with Gasteiger partial charge in [0.15, 0.2) is 5.96 Å². The van der Waals surface area contributed by atoms with Crippen LogP contribution in [0, 0.1) is 5.92 Å². The number of methoxy groups -OCH3 is 1. The summed E-state index contributed by atoms with van der Waals surface area (Å²) < 4.78 is 37.7. The van der Waals surface area contributed by atoms with Gasteiger partial charge in [-0.1, -0.05) is 12.1 Å². The van der Waals surface area contributed by atoms with E-state index in [-0.39, 0.29) is 11.4 Å². The minimum atomic E-state index is -3.55. The van der Waals surface area contributed by atoms with Crippen LogP contribution in [0.2, 0.25) is 0 Å². The molecule has 0 bridgehead atoms. The second-order valence-electron chi connectivity index (χ2n) is 6.88. The van der Waals surface area contributed by atoms with E-state index >= 15 is 0 Å². The minimum absolute atomic E-state index is 0.236. The Labute approximate surface area is 168 Å². The highest BCUT2D eigenvalue weighted by Gasteiger charge is 2.21. The van der Waals surface area contributed by atoms with Gasteiger partial charge in [-0.05, 0) is 36.5 Å². The molecule has 1 saturated carbocycles. The smallest absolute Gasteiger partial charge is 0.240 e. The molecule has 1 aliphatic rings. The number of benzene rings is 1. The molecule has 1 aliphatic carbocycles. The molecule has 158 valence electrons. The van der Waals surface area contributed by atoms with Crippen LogP contribution in [0.3, 0.4) is 0 Å². The van der Waals surface area contributed by atoms with Gasteiger partial charge in [0.25, 0.3) is 0 Å². The summed E-state index contributed by atoms with van der Waals surface area (Å²) in [6.45, 7) is 3.29. The number of ether oxygens (including phenoxy) is 2. The van der Waals surface area contributed by atoms with E-state index in [1.165, 1.54) is 20.0 Å². The molecule has 0 heterocycles. The first-order valence-electron chi connectivity index (χ1n) is 9.53. The standard InChI is InChI=1S/C19H32N4O4S/c1-20-19(23(2)10-12-27-15-16-7-8-16)21-14-17-5-4-6-18(13-17)28(24,25)22-9-11-26-3/h4-6,13,16,22H,7-12,14-15H2,1-3H3,(H,20,21). The van der Waals surface area contributed by atoms with E-state index in [2.05, 4.69) is 15.0 Å². The summed E-state index contributed by atoms with van der Waals surface area (Å²) in [5.41, 5.74) is 0.856. The van der Waals surface area contributed by atoms with Gasteiger partial charge in [-0.3, -0.25) is 4.99 Å². The number of nitrogens with zero attached hydrogens (tertiary/aromatic N) is 2. The van der Waals surface area contributed by atoms with Gasteiger partial charge in [0.1, 0.15) is 0 Å². The van der Waals surface area contributed by atoms with Crippen LogP contribution in [0.15, 0.2) is 34.2 Å². The number of hydrogen-bond donors (Lipinski definition) is 2. The lowest BCUT2D eigenvalue weighted by molar-refractivity contribution is 0.115. The number of likely N-dealkylation sites (N-methyl/N-ethyl adjacent to an activating group) is 1. The maximum absolute atomic E-state index is 12.3. The van der Waals surface area contributed by atoms with Crippen LogP contribution < -0.4 is 10.0 Å². The van der Waals surface area contributed by atoms with Crippen molar-refractivity contribution in [1.29, 1.82) is 0 Å². The van der Waals surface area contributed by atoms with Gasteiger partial charge in [0, 0.05) is 47.4 Å². The molecule has 0 saturated heterocycles. The zero-order chi connectivity index (χ0) is 20.4. The van der Waals surface area contributed by atoms with Crippen LogP contribution in [0.25, 0.3) is 0 Å². The first-order valence-corrected chi connectivity index (χ1v) is 11.0. The second-order valence-corrected chi connectivity index (χ2v) is 8.65. The van der Waals surface area contributed by atoms with Crippen molar-refractivity contribution in [2.24, 2.45) is 10.9 Å². The predicted octanol–water partition coefficient (Wildman–Crippen LogP) is 1.05. The predicted molar refractivity (Wildman–Crippen MR) is 110 cm³/mol. The number of nitrogens with one attached hydrogen (secondary N) is 2. The average Bonchev–Trinajstić information content (AvgIpc) is 3.50. The highest BCUT2D eigenvalue weighted by molar-refractivity contribution is 7.89. The highest BCUT2D eigenvalue weighted by atomic mass is 32.2. The van der Waals surface area contributed by atoms with Crippen molar-refractivity contribution in [3.63, 3.8) is 0 Å². The van der Waals surface area contributed by atoms with Gasteiger partial charge in [-0.25, -0.2) is 13.1 Å². The van der Waals surface area contributed by atoms with Gasteiger partial charge in [-0.15, -0.1) is 0 Å². The summed E-state index contributed by atoms with van der Waals surface area (Å²) in [5.74, 6) is 1.50. The van der Waals surface area contributed by atoms with Crippen LogP contribution in [0.4, 0.5) is 0 Å². The van der Waals surface area contributed by atoms with Gasteiger partial charge in [-0.2, -0.15) is 0 Å². The molecule has 0 aliphatic heterocycles. The molecule has 28 heavy (non-hydrogen) atoms. The molecule has 0 unspecified atom stereocenters. The van der Waals surface area contributed by atoms with Crippen LogP contribution in [-0.4, -0.2) is 73.4 Å². The minimum Gasteiger partial charge on any atom is -0.383 e. The third-order valence-electron chi connectivity index (χ3n) is 4.45. The quantitative estimate of drug-likeness (QED) is 0.303. The van der Waals surface area contributed by atoms with E-state index in [4.69, 9.17) is 9.47 Å². The third-order valence-corrected chi connectivity index (χ3v) is 5.91. The van der Waals surface area contributed by atoms with E-state index in [0.717, 1.165) is 30.6 Å². The van der Waals surface area contributed by atoms with Crippen LogP contribution >= 0.6 is 0 Å². The van der Waals surface area contributed by atoms with Crippen LogP contribution in [0.5, 0.6) is 0 Å². The molecule has 1 aromatic carbocycles. The normalized spacial score (nSPS) is 14.9. The first-order chi connectivity index (χ1) is 13.5. The Morgan fingerprint density at radius 3 is 2.79 bits per heavy atom. The van der Waals surface area contributed by atoms with Gasteiger partial charge in [0.2, 0.25) is 10.0 Å². The lowest BCUT2D eigenvalue weighted by Crippen LogP contribution is -2.40. The van der Waals surface area contributed by atoms with Gasteiger partial charge >= 0.3 is 0 Å². The van der Waals surface area contributed by atoms with Crippen molar-refractivity contribution >= 4 is 16.0 Å². The summed E-state index contributed by atoms with van der Waals surface area (Å²) in [6.07, 6.45) is 2.57. The fraction of sp³-hybridized carbons (Fsp3) is 0.632. The Morgan fingerprint density at radius 2 is 2.11 bits per heavy atom. The van der Waals surface area contributed by atoms with E-state index in [0.29, 0.717) is 19.8 Å². The molecule has 0 spiro atoms. The fourth-order valence-electron chi connectivity index (χ4n) is 2.59. The zero-order valence-corrected chi connectivity index (χ0v) is 17.8. The molecule has 2 N–H and O–H groups in total. The van der Waals surface area contributed by atoms with E-state index in [1.54, 1.807) is 25.2 Å². The molecule has 8 nitrogen and oxygen atoms in total. The largest absolute Gasteiger partial charge is 0.383 e. The summed E-state index contributed by atoms with van der Waals surface area (Å²) in [7, 11) is 1.67. The molecule has 2 rings (SSSR count). The van der Waals surface area contributed by atoms with Crippen molar-refractivity contribution in [1.82, 2.24) is 14.9 Å². The summed E-state index contributed by atoms with van der Waals surface area (Å²) in [4.78, 5) is 6.52. The molecule has 0 amide bonds. The second kappa shape index (κ2) is 11.4. The van der Waals surface area contributed by atoms with Crippen molar-refractivity contribution in [3.8, 4) is 0 Å². The number of rotatable bonds is 12. The van der Waals surface area contributed by atoms with Crippen LogP contribution in [0.1, 0.15) is 18.4 Å². The Morgan fingerprint density at radius 1 is 1.32 bits per heavy atom. The molecular formula is C19H32N4O4S. The van der Waals surface area contributed by atoms with Crippen molar-refractivity contribution < 1.29 is 17.9 Å². The lowest BCUT2D eigenvalue weighted by Gasteiger charge is -2.22. The number of hydrogen-bond acceptors (Lipinski definition) is 5. The zero-order valence-electron chi connectivity index (χ0n) is 17.0. The Kier molecular flexibility index (Phi) is 9.17. The summed E-state index contributed by atoms with van der Waals surface area (Å²) in [5, 5.41) is 3.26. The molecular weight excluding hydrogens is 380 g/mol. The summed E-state index contributed by atoms with van der Waals surface area (Å²) in [6, 6.07) is 6.86. The molecule has 9 heteroatoms. The molecule has 1 aromatic rings. The molecule has 0 atom stereocenters. The van der Waals surface area contributed by atoms with Gasteiger partial charge < -0.3 is 19.7 Å². The van der Waals surface area contributed by atoms with E-state index in [9.17, 15) is 8.42 Å². The Hall–Kier alpha value is -1.68. The van der Waals surface area contributed by atoms with E-state index < -0.39 is 10.0 Å². The van der Waals surface area contributed by atoms with E-state index in [1.807, 2.05) is 18.0 Å². The SMILES string of the molecule is CN=C(NCc1cccc(S(=O)(=O)NCCOC)c1)N(C)CCOCC1CC1. The maximum Gasteiger partial charge on any atom is 0.240 e. The molecule has 0 aromatic heterocycles. The molecule has 0 radical (unpaired) electrons. The Bertz CT molecular complexity index is 735. The van der Waals surface area contributed by atoms with Crippen molar-refractivity contribution in [2.45, 2.75) is 24.3 Å². The molecule has 1 fully saturated rings. The monoisotopic (exact) mass is 412 g/mol. The number of guanidine groups is 1. The van der Waals surface area contributed by atoms with Crippen molar-refractivity contribution in [2.75, 3.05) is 54.1 Å². The van der Waals surface area contributed by atoms with Crippen molar-refractivity contribution in [3.05, 3.63) is 29.8 Å². The number of sulfonamides is 1. The summed E-state index contributed by atoms with van der Waals surface area (Å²) >= 11 is 0. The highest BCUT2D eigenvalue weighted by Crippen LogP contribution is 2.28. The average molecular weight is 413 g/mol. The third kappa shape index (κ3) is 7.75. The maximum atomic E-state index is 12.3. The number of aliphatic imine (C=N–C) groups is 1. The Balaban J connectivity index is 1.84. The first kappa shape index (κ1) is 22.6. The fourth-order valence-corrected chi connectivity index (χ4v) is 3.67. The van der Waals surface area contributed by atoms with Crippen LogP contribution in [-0.2, 0) is 26.0 Å². The van der Waals surface area contributed by atoms with Gasteiger partial charge in [0.05, 0.1) is 18.1 Å². The topological polar surface area (TPSA) is 92.3 Å².